The Morgan fingerprint density at radius 2 is 0.528 bits per heavy atom. The van der Waals surface area contributed by atoms with Crippen molar-refractivity contribution >= 4 is 87.2 Å². The molecule has 0 saturated carbocycles. The molecule has 0 unspecified atom stereocenters. The monoisotopic (exact) mass is 915 g/mol. The normalized spacial score (nSPS) is 11.9. The predicted octanol–water partition coefficient (Wildman–Crippen LogP) is 17.3. The zero-order chi connectivity index (χ0) is 47.4. The molecule has 0 spiro atoms. The molecule has 15 rings (SSSR count). The lowest BCUT2D eigenvalue weighted by molar-refractivity contribution is 1.12. The molecule has 4 aromatic heterocycles. The number of rotatable bonds is 6. The van der Waals surface area contributed by atoms with Crippen LogP contribution in [-0.2, 0) is 0 Å². The van der Waals surface area contributed by atoms with E-state index in [1.807, 2.05) is 0 Å². The van der Waals surface area contributed by atoms with E-state index >= 15 is 0 Å². The highest BCUT2D eigenvalue weighted by Gasteiger charge is 2.25. The largest absolute Gasteiger partial charge is 0.309 e. The number of nitrogens with zero attached hydrogens (tertiary/aromatic N) is 5. The summed E-state index contributed by atoms with van der Waals surface area (Å²) in [6.45, 7) is 0. The molecule has 0 fully saturated rings. The van der Waals surface area contributed by atoms with Crippen molar-refractivity contribution in [2.75, 3.05) is 0 Å². The van der Waals surface area contributed by atoms with Crippen LogP contribution in [0.3, 0.4) is 0 Å². The van der Waals surface area contributed by atoms with Gasteiger partial charge >= 0.3 is 0 Å². The van der Waals surface area contributed by atoms with Gasteiger partial charge in [-0.1, -0.05) is 164 Å². The van der Waals surface area contributed by atoms with Gasteiger partial charge in [-0.3, -0.25) is 0 Å². The number of aromatic nitrogens is 4. The molecule has 334 valence electrons. The summed E-state index contributed by atoms with van der Waals surface area (Å²) in [7, 11) is 0. The lowest BCUT2D eigenvalue weighted by atomic mass is 9.97. The van der Waals surface area contributed by atoms with Crippen molar-refractivity contribution in [1.29, 1.82) is 5.26 Å². The van der Waals surface area contributed by atoms with Gasteiger partial charge in [-0.2, -0.15) is 5.26 Å². The Bertz CT molecular complexity index is 4460. The first-order valence-electron chi connectivity index (χ1n) is 24.5. The molecule has 0 bridgehead atoms. The van der Waals surface area contributed by atoms with Crippen LogP contribution in [0.15, 0.2) is 249 Å². The molecule has 0 aliphatic rings. The van der Waals surface area contributed by atoms with Crippen molar-refractivity contribution < 1.29 is 0 Å². The highest BCUT2D eigenvalue weighted by Crippen LogP contribution is 2.45. The Morgan fingerprint density at radius 1 is 0.236 bits per heavy atom. The highest BCUT2D eigenvalue weighted by molar-refractivity contribution is 6.21. The van der Waals surface area contributed by atoms with Gasteiger partial charge in [0, 0.05) is 54.5 Å². The summed E-state index contributed by atoms with van der Waals surface area (Å²) in [5.41, 5.74) is 17.6. The van der Waals surface area contributed by atoms with E-state index in [4.69, 9.17) is 0 Å². The van der Waals surface area contributed by atoms with Crippen molar-refractivity contribution in [1.82, 2.24) is 18.3 Å². The quantitative estimate of drug-likeness (QED) is 0.164. The molecule has 5 nitrogen and oxygen atoms in total. The Kier molecular flexibility index (Phi) is 8.66. The Balaban J connectivity index is 1.06. The van der Waals surface area contributed by atoms with Crippen molar-refractivity contribution in [2.45, 2.75) is 0 Å². The van der Waals surface area contributed by atoms with Crippen molar-refractivity contribution in [3.05, 3.63) is 254 Å². The van der Waals surface area contributed by atoms with Gasteiger partial charge in [-0.25, -0.2) is 0 Å². The van der Waals surface area contributed by atoms with Gasteiger partial charge in [0.05, 0.1) is 55.5 Å². The SMILES string of the molecule is N#Cc1c(-n2c3ccccc3c3cc4c(cc32)c2ccccc2n4-c2ccccc2)cc(-c2ccc(-c3ccccc3)cc2)cc1-n1c2ccccc2c2cc3c(cc21)c1ccccc1n3-c1ccccc1. The van der Waals surface area contributed by atoms with Crippen LogP contribution in [0.5, 0.6) is 0 Å². The summed E-state index contributed by atoms with van der Waals surface area (Å²) in [6.07, 6.45) is 0. The van der Waals surface area contributed by atoms with E-state index in [0.29, 0.717) is 5.56 Å². The van der Waals surface area contributed by atoms with Crippen molar-refractivity contribution in [3.63, 3.8) is 0 Å². The molecule has 0 N–H and O–H groups in total. The standard InChI is InChI=1S/C67H41N5/c68-42-57-62(71-60-30-16-12-26-51(60)55-38-64-53(40-66(55)71)49-24-10-14-28-58(49)69(64)47-20-6-2-7-21-47)36-46(45-34-32-44(33-35-45)43-18-4-1-5-19-43)37-63(57)72-61-31-17-13-27-52(61)56-39-65-54(41-67(56)72)50-25-11-15-29-59(50)70(65)48-22-8-3-9-23-48/h1-41H. The third kappa shape index (κ3) is 5.81. The molecule has 0 saturated heterocycles. The summed E-state index contributed by atoms with van der Waals surface area (Å²) in [6, 6.07) is 92.1. The van der Waals surface area contributed by atoms with Gasteiger partial charge in [0.15, 0.2) is 0 Å². The lowest BCUT2D eigenvalue weighted by Crippen LogP contribution is -2.05. The van der Waals surface area contributed by atoms with Gasteiger partial charge in [-0.15, -0.1) is 0 Å². The number of nitriles is 1. The molecule has 11 aromatic carbocycles. The van der Waals surface area contributed by atoms with Crippen molar-refractivity contribution in [3.8, 4) is 51.1 Å². The van der Waals surface area contributed by atoms with Gasteiger partial charge in [0.1, 0.15) is 11.6 Å². The second-order valence-corrected chi connectivity index (χ2v) is 18.8. The van der Waals surface area contributed by atoms with E-state index in [9.17, 15) is 5.26 Å². The van der Waals surface area contributed by atoms with Crippen molar-refractivity contribution in [2.24, 2.45) is 0 Å². The molecule has 72 heavy (non-hydrogen) atoms. The smallest absolute Gasteiger partial charge is 0.104 e. The molecular formula is C67H41N5. The molecular weight excluding hydrogens is 875 g/mol. The first kappa shape index (κ1) is 40.0. The zero-order valence-corrected chi connectivity index (χ0v) is 38.9. The summed E-state index contributed by atoms with van der Waals surface area (Å²) >= 11 is 0. The molecule has 4 heterocycles. The van der Waals surface area contributed by atoms with E-state index < -0.39 is 0 Å². The Morgan fingerprint density at radius 3 is 0.903 bits per heavy atom. The fourth-order valence-corrected chi connectivity index (χ4v) is 11.8. The van der Waals surface area contributed by atoms with E-state index in [0.717, 1.165) is 116 Å². The van der Waals surface area contributed by atoms with Crippen LogP contribution >= 0.6 is 0 Å². The van der Waals surface area contributed by atoms with Crippen LogP contribution < -0.4 is 0 Å². The fraction of sp³-hybridized carbons (Fsp3) is 0. The predicted molar refractivity (Wildman–Crippen MR) is 299 cm³/mol. The van der Waals surface area contributed by atoms with E-state index in [1.54, 1.807) is 0 Å². The highest BCUT2D eigenvalue weighted by atomic mass is 15.0. The molecule has 0 radical (unpaired) electrons. The summed E-state index contributed by atoms with van der Waals surface area (Å²) in [5.74, 6) is 0. The van der Waals surface area contributed by atoms with E-state index in [2.05, 4.69) is 273 Å². The molecule has 0 amide bonds. The second-order valence-electron chi connectivity index (χ2n) is 18.8. The maximum absolute atomic E-state index is 11.9. The average molecular weight is 916 g/mol. The van der Waals surface area contributed by atoms with Crippen LogP contribution in [0, 0.1) is 11.3 Å². The summed E-state index contributed by atoms with van der Waals surface area (Å²) < 4.78 is 9.46. The van der Waals surface area contributed by atoms with Crippen LogP contribution in [0.4, 0.5) is 0 Å². The third-order valence-electron chi connectivity index (χ3n) is 15.0. The minimum atomic E-state index is 0.587. The molecule has 5 heteroatoms. The van der Waals surface area contributed by atoms with Crippen LogP contribution in [-0.4, -0.2) is 18.3 Å². The molecule has 0 aliphatic heterocycles. The fourth-order valence-electron chi connectivity index (χ4n) is 11.8. The summed E-state index contributed by atoms with van der Waals surface area (Å²) in [4.78, 5) is 0. The maximum Gasteiger partial charge on any atom is 0.104 e. The van der Waals surface area contributed by atoms with Crippen LogP contribution in [0.1, 0.15) is 5.56 Å². The Labute approximate surface area is 414 Å². The van der Waals surface area contributed by atoms with E-state index in [-0.39, 0.29) is 0 Å². The Hall–Kier alpha value is -9.89. The molecule has 0 aliphatic carbocycles. The minimum absolute atomic E-state index is 0.587. The van der Waals surface area contributed by atoms with Gasteiger partial charge in [-0.05, 0) is 107 Å². The van der Waals surface area contributed by atoms with Gasteiger partial charge in [0.25, 0.3) is 0 Å². The lowest BCUT2D eigenvalue weighted by Gasteiger charge is -2.19. The van der Waals surface area contributed by atoms with Crippen LogP contribution in [0.2, 0.25) is 0 Å². The number of hydrogen-bond acceptors (Lipinski definition) is 1. The number of hydrogen-bond donors (Lipinski definition) is 0. The minimum Gasteiger partial charge on any atom is -0.309 e. The maximum atomic E-state index is 11.9. The number of fused-ring (bicyclic) bond motifs is 12. The van der Waals surface area contributed by atoms with Crippen LogP contribution in [0.25, 0.3) is 132 Å². The topological polar surface area (TPSA) is 43.5 Å². The molecule has 0 atom stereocenters. The van der Waals surface area contributed by atoms with Gasteiger partial charge in [0.2, 0.25) is 0 Å². The second kappa shape index (κ2) is 15.6. The number of para-hydroxylation sites is 6. The van der Waals surface area contributed by atoms with E-state index in [1.165, 1.54) is 16.3 Å². The van der Waals surface area contributed by atoms with Gasteiger partial charge < -0.3 is 18.3 Å². The third-order valence-corrected chi connectivity index (χ3v) is 15.0. The summed E-state index contributed by atoms with van der Waals surface area (Å²) in [5, 5.41) is 21.0. The first-order chi connectivity index (χ1) is 35.7. The zero-order valence-electron chi connectivity index (χ0n) is 38.9. The average Bonchev–Trinajstić information content (AvgIpc) is 4.16. The molecule has 15 aromatic rings. The number of benzene rings is 11. The first-order valence-corrected chi connectivity index (χ1v) is 24.5.